The summed E-state index contributed by atoms with van der Waals surface area (Å²) >= 11 is 6.21. The van der Waals surface area contributed by atoms with E-state index in [4.69, 9.17) is 25.8 Å². The zero-order valence-corrected chi connectivity index (χ0v) is 15.6. The molecule has 0 atom stereocenters. The fraction of sp³-hybridized carbons (Fsp3) is 0.0870. The van der Waals surface area contributed by atoms with E-state index in [9.17, 15) is 5.26 Å². The Morgan fingerprint density at radius 2 is 1.82 bits per heavy atom. The molecule has 5 heteroatoms. The predicted octanol–water partition coefficient (Wildman–Crippen LogP) is 5.71. The number of ether oxygens (including phenoxy) is 3. The van der Waals surface area contributed by atoms with Crippen LogP contribution in [0, 0.1) is 11.3 Å². The summed E-state index contributed by atoms with van der Waals surface area (Å²) in [6, 6.07) is 22.9. The number of hydrogen-bond donors (Lipinski definition) is 0. The molecule has 0 unspecified atom stereocenters. The molecule has 138 valence electrons. The molecule has 1 heterocycles. The predicted molar refractivity (Wildman–Crippen MR) is 108 cm³/mol. The summed E-state index contributed by atoms with van der Waals surface area (Å²) in [6.07, 6.45) is 1.81. The number of rotatable bonds is 5. The normalized spacial score (nSPS) is 12.5. The topological polar surface area (TPSA) is 51.5 Å². The molecule has 28 heavy (non-hydrogen) atoms. The van der Waals surface area contributed by atoms with Crippen LogP contribution in [0.2, 0.25) is 5.02 Å². The number of nitriles is 1. The maximum absolute atomic E-state index is 9.68. The molecule has 3 aromatic carbocycles. The summed E-state index contributed by atoms with van der Waals surface area (Å²) in [5, 5.41) is 10.3. The minimum Gasteiger partial charge on any atom is -0.488 e. The van der Waals surface area contributed by atoms with Gasteiger partial charge in [-0.25, -0.2) is 0 Å². The van der Waals surface area contributed by atoms with Crippen LogP contribution in [-0.4, -0.2) is 6.79 Å². The second-order valence-electron chi connectivity index (χ2n) is 6.16. The molecule has 3 aromatic rings. The SMILES string of the molecule is N#C/C(=C/c1ccccc1OCc1ccccc1Cl)c1ccc2c(c1)OCO2. The molecule has 0 aliphatic carbocycles. The average molecular weight is 390 g/mol. The molecule has 1 aliphatic heterocycles. The molecular weight excluding hydrogens is 374 g/mol. The molecule has 0 fully saturated rings. The zero-order valence-electron chi connectivity index (χ0n) is 14.9. The van der Waals surface area contributed by atoms with Crippen molar-refractivity contribution in [1.29, 1.82) is 5.26 Å². The van der Waals surface area contributed by atoms with Gasteiger partial charge in [-0.05, 0) is 42.0 Å². The van der Waals surface area contributed by atoms with Gasteiger partial charge in [-0.3, -0.25) is 0 Å². The minimum atomic E-state index is 0.198. The van der Waals surface area contributed by atoms with Crippen molar-refractivity contribution < 1.29 is 14.2 Å². The van der Waals surface area contributed by atoms with Crippen molar-refractivity contribution in [1.82, 2.24) is 0 Å². The molecule has 4 rings (SSSR count). The van der Waals surface area contributed by atoms with Gasteiger partial charge in [0.15, 0.2) is 11.5 Å². The van der Waals surface area contributed by atoms with Crippen LogP contribution in [0.1, 0.15) is 16.7 Å². The highest BCUT2D eigenvalue weighted by Gasteiger charge is 2.15. The van der Waals surface area contributed by atoms with Gasteiger partial charge in [-0.15, -0.1) is 0 Å². The molecule has 0 radical (unpaired) electrons. The second-order valence-corrected chi connectivity index (χ2v) is 6.56. The summed E-state index contributed by atoms with van der Waals surface area (Å²) in [7, 11) is 0. The smallest absolute Gasteiger partial charge is 0.231 e. The lowest BCUT2D eigenvalue weighted by atomic mass is 10.0. The Balaban J connectivity index is 1.62. The molecule has 1 aliphatic rings. The van der Waals surface area contributed by atoms with Gasteiger partial charge in [-0.2, -0.15) is 5.26 Å². The Morgan fingerprint density at radius 3 is 2.68 bits per heavy atom. The van der Waals surface area contributed by atoms with Gasteiger partial charge in [0.05, 0.1) is 11.6 Å². The van der Waals surface area contributed by atoms with E-state index in [2.05, 4.69) is 6.07 Å². The zero-order chi connectivity index (χ0) is 19.3. The third-order valence-corrected chi connectivity index (χ3v) is 4.73. The van der Waals surface area contributed by atoms with Crippen LogP contribution >= 0.6 is 11.6 Å². The van der Waals surface area contributed by atoms with E-state index in [1.54, 1.807) is 6.08 Å². The van der Waals surface area contributed by atoms with Gasteiger partial charge >= 0.3 is 0 Å². The molecule has 0 amide bonds. The fourth-order valence-corrected chi connectivity index (χ4v) is 3.09. The second kappa shape index (κ2) is 8.08. The van der Waals surface area contributed by atoms with E-state index in [1.165, 1.54) is 0 Å². The summed E-state index contributed by atoms with van der Waals surface area (Å²) in [6.45, 7) is 0.541. The van der Waals surface area contributed by atoms with Crippen LogP contribution in [0.5, 0.6) is 17.2 Å². The lowest BCUT2D eigenvalue weighted by Gasteiger charge is -2.11. The fourth-order valence-electron chi connectivity index (χ4n) is 2.90. The summed E-state index contributed by atoms with van der Waals surface area (Å²) < 4.78 is 16.7. The maximum Gasteiger partial charge on any atom is 0.231 e. The highest BCUT2D eigenvalue weighted by molar-refractivity contribution is 6.31. The Labute approximate surface area is 168 Å². The van der Waals surface area contributed by atoms with Crippen LogP contribution < -0.4 is 14.2 Å². The molecule has 0 N–H and O–H groups in total. The highest BCUT2D eigenvalue weighted by Crippen LogP contribution is 2.35. The number of para-hydroxylation sites is 1. The van der Waals surface area contributed by atoms with Gasteiger partial charge in [0, 0.05) is 16.1 Å². The van der Waals surface area contributed by atoms with Crippen LogP contribution in [0.3, 0.4) is 0 Å². The highest BCUT2D eigenvalue weighted by atomic mass is 35.5. The molecule has 0 spiro atoms. The quantitative estimate of drug-likeness (QED) is 0.414. The van der Waals surface area contributed by atoms with Crippen molar-refractivity contribution in [3.63, 3.8) is 0 Å². The lowest BCUT2D eigenvalue weighted by Crippen LogP contribution is -1.97. The number of nitrogens with zero attached hydrogens (tertiary/aromatic N) is 1. The molecule has 0 saturated heterocycles. The first-order valence-electron chi connectivity index (χ1n) is 8.71. The first-order chi connectivity index (χ1) is 13.7. The van der Waals surface area contributed by atoms with Crippen molar-refractivity contribution in [3.8, 4) is 23.3 Å². The van der Waals surface area contributed by atoms with E-state index in [0.29, 0.717) is 34.5 Å². The third kappa shape index (κ3) is 3.80. The van der Waals surface area contributed by atoms with E-state index in [-0.39, 0.29) is 6.79 Å². The third-order valence-electron chi connectivity index (χ3n) is 4.36. The number of allylic oxidation sites excluding steroid dienone is 1. The average Bonchev–Trinajstić information content (AvgIpc) is 3.20. The van der Waals surface area contributed by atoms with Crippen molar-refractivity contribution in [2.24, 2.45) is 0 Å². The van der Waals surface area contributed by atoms with E-state index >= 15 is 0 Å². The van der Waals surface area contributed by atoms with Gasteiger partial charge in [0.1, 0.15) is 12.4 Å². The summed E-state index contributed by atoms with van der Waals surface area (Å²) in [4.78, 5) is 0. The largest absolute Gasteiger partial charge is 0.488 e. The molecule has 0 aromatic heterocycles. The van der Waals surface area contributed by atoms with Crippen LogP contribution in [0.15, 0.2) is 66.7 Å². The van der Waals surface area contributed by atoms with Gasteiger partial charge in [-0.1, -0.05) is 48.0 Å². The van der Waals surface area contributed by atoms with Gasteiger partial charge in [0.2, 0.25) is 6.79 Å². The van der Waals surface area contributed by atoms with Crippen LogP contribution in [0.25, 0.3) is 11.6 Å². The first-order valence-corrected chi connectivity index (χ1v) is 9.09. The molecule has 4 nitrogen and oxygen atoms in total. The Kier molecular flexibility index (Phi) is 5.18. The lowest BCUT2D eigenvalue weighted by molar-refractivity contribution is 0.174. The van der Waals surface area contributed by atoms with Gasteiger partial charge < -0.3 is 14.2 Å². The van der Waals surface area contributed by atoms with Crippen molar-refractivity contribution in [2.45, 2.75) is 6.61 Å². The Bertz CT molecular complexity index is 1090. The summed E-state index contributed by atoms with van der Waals surface area (Å²) in [5.41, 5.74) is 2.97. The van der Waals surface area contributed by atoms with E-state index in [0.717, 1.165) is 16.7 Å². The maximum atomic E-state index is 9.68. The number of fused-ring (bicyclic) bond motifs is 1. The molecule has 0 saturated carbocycles. The van der Waals surface area contributed by atoms with Gasteiger partial charge in [0.25, 0.3) is 0 Å². The van der Waals surface area contributed by atoms with Crippen molar-refractivity contribution in [3.05, 3.63) is 88.4 Å². The number of hydrogen-bond acceptors (Lipinski definition) is 4. The Morgan fingerprint density at radius 1 is 1.04 bits per heavy atom. The Hall–Kier alpha value is -3.42. The van der Waals surface area contributed by atoms with E-state index in [1.807, 2.05) is 66.7 Å². The number of benzene rings is 3. The van der Waals surface area contributed by atoms with Crippen molar-refractivity contribution >= 4 is 23.3 Å². The first kappa shape index (κ1) is 18.0. The van der Waals surface area contributed by atoms with Crippen LogP contribution in [0.4, 0.5) is 0 Å². The standard InChI is InChI=1S/C23H16ClNO3/c24-20-7-3-1-6-18(20)14-26-21-8-4-2-5-17(21)11-19(13-25)16-9-10-22-23(12-16)28-15-27-22/h1-12H,14-15H2/b19-11-. The van der Waals surface area contributed by atoms with Crippen molar-refractivity contribution in [2.75, 3.05) is 6.79 Å². The van der Waals surface area contributed by atoms with Crippen LogP contribution in [-0.2, 0) is 6.61 Å². The molecular formula is C23H16ClNO3. The van der Waals surface area contributed by atoms with E-state index < -0.39 is 0 Å². The number of halogens is 1. The summed E-state index contributed by atoms with van der Waals surface area (Å²) in [5.74, 6) is 2.00. The monoisotopic (exact) mass is 389 g/mol. The molecule has 0 bridgehead atoms. The minimum absolute atomic E-state index is 0.198.